The van der Waals surface area contributed by atoms with E-state index in [1.165, 1.54) is 16.7 Å². The van der Waals surface area contributed by atoms with Crippen molar-refractivity contribution in [2.75, 3.05) is 0 Å². The Morgan fingerprint density at radius 3 is 1.95 bits per heavy atom. The molecule has 0 nitrogen and oxygen atoms in total. The Bertz CT molecular complexity index is 455. The summed E-state index contributed by atoms with van der Waals surface area (Å²) in [7, 11) is 0. The van der Waals surface area contributed by atoms with Crippen LogP contribution in [-0.4, -0.2) is 6.18 Å². The van der Waals surface area contributed by atoms with Crippen LogP contribution in [-0.2, 0) is 6.42 Å². The van der Waals surface area contributed by atoms with Crippen LogP contribution in [0.2, 0.25) is 0 Å². The maximum Gasteiger partial charge on any atom is 0.388 e. The smallest absolute Gasteiger partial charge is 0.171 e. The second-order valence-electron chi connectivity index (χ2n) is 5.12. The van der Waals surface area contributed by atoms with Gasteiger partial charge in [0.2, 0.25) is 0 Å². The van der Waals surface area contributed by atoms with E-state index in [0.717, 1.165) is 19.8 Å². The zero-order valence-corrected chi connectivity index (χ0v) is 13.6. The molecule has 3 heteroatoms. The van der Waals surface area contributed by atoms with E-state index in [4.69, 9.17) is 0 Å². The third-order valence-electron chi connectivity index (χ3n) is 3.08. The number of hydrogen-bond donors (Lipinski definition) is 0. The molecule has 0 aliphatic rings. The lowest BCUT2D eigenvalue weighted by molar-refractivity contribution is -0.130. The van der Waals surface area contributed by atoms with Gasteiger partial charge in [0, 0.05) is 18.8 Å². The topological polar surface area (TPSA) is 0 Å². The number of benzene rings is 1. The van der Waals surface area contributed by atoms with E-state index >= 15 is 0 Å². The maximum absolute atomic E-state index is 10.8. The lowest BCUT2D eigenvalue weighted by Crippen LogP contribution is -2.02. The molecule has 0 radical (unpaired) electrons. The van der Waals surface area contributed by atoms with Gasteiger partial charge in [-0.15, -0.1) is 5.92 Å². The van der Waals surface area contributed by atoms with Crippen LogP contribution in [0.3, 0.4) is 0 Å². The van der Waals surface area contributed by atoms with E-state index in [9.17, 15) is 13.2 Å². The molecule has 1 atom stereocenters. The van der Waals surface area contributed by atoms with Crippen LogP contribution in [0.15, 0.2) is 18.2 Å². The lowest BCUT2D eigenvalue weighted by Gasteiger charge is -2.11. The van der Waals surface area contributed by atoms with Crippen molar-refractivity contribution >= 4 is 0 Å². The van der Waals surface area contributed by atoms with Crippen molar-refractivity contribution in [1.29, 1.82) is 0 Å². The second kappa shape index (κ2) is 9.50. The van der Waals surface area contributed by atoms with Gasteiger partial charge in [-0.1, -0.05) is 44.9 Å². The quantitative estimate of drug-likeness (QED) is 0.600. The molecule has 0 heterocycles. The minimum Gasteiger partial charge on any atom is -0.171 e. The molecule has 1 aromatic carbocycles. The summed E-state index contributed by atoms with van der Waals surface area (Å²) in [5, 5.41) is 0. The average molecular weight is 298 g/mol. The Morgan fingerprint density at radius 2 is 1.57 bits per heavy atom. The number of alkyl halides is 3. The molecule has 0 fully saturated rings. The van der Waals surface area contributed by atoms with E-state index in [1.54, 1.807) is 0 Å². The Hall–Kier alpha value is -1.43. The number of rotatable bonds is 2. The Balaban J connectivity index is 0.000000567. The second-order valence-corrected chi connectivity index (χ2v) is 5.12. The van der Waals surface area contributed by atoms with Crippen LogP contribution in [0.1, 0.15) is 50.3 Å². The summed E-state index contributed by atoms with van der Waals surface area (Å²) >= 11 is 0. The van der Waals surface area contributed by atoms with Gasteiger partial charge in [-0.3, -0.25) is 0 Å². The molecule has 1 unspecified atom stereocenters. The number of hydrogen-bond acceptors (Lipinski definition) is 0. The minimum atomic E-state index is -3.96. The van der Waals surface area contributed by atoms with Gasteiger partial charge < -0.3 is 0 Å². The highest BCUT2D eigenvalue weighted by Crippen LogP contribution is 2.18. The molecule has 0 aliphatic heterocycles. The summed E-state index contributed by atoms with van der Waals surface area (Å²) < 4.78 is 32.4. The molecule has 1 aromatic rings. The van der Waals surface area contributed by atoms with Crippen LogP contribution in [0.4, 0.5) is 13.2 Å². The molecule has 0 bridgehead atoms. The lowest BCUT2D eigenvalue weighted by atomic mass is 9.94. The maximum atomic E-state index is 10.8. The van der Waals surface area contributed by atoms with Gasteiger partial charge in [0.1, 0.15) is 0 Å². The van der Waals surface area contributed by atoms with E-state index in [2.05, 4.69) is 57.7 Å². The Labute approximate surface area is 126 Å². The molecule has 118 valence electrons. The van der Waals surface area contributed by atoms with Gasteiger partial charge in [0.25, 0.3) is 0 Å². The highest BCUT2D eigenvalue weighted by atomic mass is 19.4. The van der Waals surface area contributed by atoms with Gasteiger partial charge in [0.05, 0.1) is 0 Å². The zero-order chi connectivity index (χ0) is 16.5. The molecular formula is C18H25F3. The van der Waals surface area contributed by atoms with Crippen molar-refractivity contribution in [2.45, 2.75) is 60.1 Å². The standard InChI is InChI=1S/C15H20.C3H5F3/c1-5-6-8-12(2)11-15-13(3)9-7-10-14(15)4;1-2-3(4,5)6/h7,9-10,12H,5,11H2,1-4H3;2H2,1H3. The highest BCUT2D eigenvalue weighted by molar-refractivity contribution is 5.34. The van der Waals surface area contributed by atoms with E-state index < -0.39 is 12.6 Å². The normalized spacial score (nSPS) is 11.8. The van der Waals surface area contributed by atoms with E-state index in [-0.39, 0.29) is 0 Å². The van der Waals surface area contributed by atoms with Gasteiger partial charge in [0.15, 0.2) is 0 Å². The molecule has 1 rings (SSSR count). The summed E-state index contributed by atoms with van der Waals surface area (Å²) in [5.74, 6) is 6.91. The predicted molar refractivity (Wildman–Crippen MR) is 83.2 cm³/mol. The van der Waals surface area contributed by atoms with Crippen LogP contribution in [0.25, 0.3) is 0 Å². The Morgan fingerprint density at radius 1 is 1.10 bits per heavy atom. The third-order valence-corrected chi connectivity index (χ3v) is 3.08. The van der Waals surface area contributed by atoms with Crippen LogP contribution in [0.5, 0.6) is 0 Å². The van der Waals surface area contributed by atoms with Gasteiger partial charge in [-0.05, 0) is 37.0 Å². The fraction of sp³-hybridized carbons (Fsp3) is 0.556. The van der Waals surface area contributed by atoms with Crippen molar-refractivity contribution in [2.24, 2.45) is 5.92 Å². The van der Waals surface area contributed by atoms with Crippen molar-refractivity contribution in [3.05, 3.63) is 34.9 Å². The highest BCUT2D eigenvalue weighted by Gasteiger charge is 2.22. The molecular weight excluding hydrogens is 273 g/mol. The Kier molecular flexibility index (Phi) is 8.85. The van der Waals surface area contributed by atoms with Crippen molar-refractivity contribution < 1.29 is 13.2 Å². The molecule has 0 spiro atoms. The van der Waals surface area contributed by atoms with Crippen molar-refractivity contribution in [3.8, 4) is 11.8 Å². The summed E-state index contributed by atoms with van der Waals surface area (Å²) in [6, 6.07) is 6.49. The van der Waals surface area contributed by atoms with Gasteiger partial charge >= 0.3 is 6.18 Å². The van der Waals surface area contributed by atoms with Crippen LogP contribution < -0.4 is 0 Å². The number of aryl methyl sites for hydroxylation is 2. The van der Waals surface area contributed by atoms with E-state index in [0.29, 0.717) is 5.92 Å². The summed E-state index contributed by atoms with van der Waals surface area (Å²) in [5.41, 5.74) is 4.25. The van der Waals surface area contributed by atoms with Crippen molar-refractivity contribution in [3.63, 3.8) is 0 Å². The molecule has 0 N–H and O–H groups in total. The molecule has 0 saturated heterocycles. The zero-order valence-electron chi connectivity index (χ0n) is 13.6. The third kappa shape index (κ3) is 9.18. The molecule has 0 aromatic heterocycles. The molecule has 0 saturated carbocycles. The first-order valence-corrected chi connectivity index (χ1v) is 7.31. The summed E-state index contributed by atoms with van der Waals surface area (Å²) in [6.07, 6.45) is -2.66. The number of halogens is 3. The monoisotopic (exact) mass is 298 g/mol. The van der Waals surface area contributed by atoms with E-state index in [1.807, 2.05) is 0 Å². The van der Waals surface area contributed by atoms with Crippen LogP contribution >= 0.6 is 0 Å². The molecule has 0 aliphatic carbocycles. The first-order valence-electron chi connectivity index (χ1n) is 7.31. The fourth-order valence-electron chi connectivity index (χ4n) is 1.80. The van der Waals surface area contributed by atoms with Gasteiger partial charge in [-0.2, -0.15) is 13.2 Å². The first kappa shape index (κ1) is 19.6. The first-order chi connectivity index (χ1) is 9.71. The summed E-state index contributed by atoms with van der Waals surface area (Å²) in [6.45, 7) is 9.75. The summed E-state index contributed by atoms with van der Waals surface area (Å²) in [4.78, 5) is 0. The SMILES string of the molecule is CCC#CC(C)Cc1c(C)cccc1C.CCC(F)(F)F. The predicted octanol–water partition coefficient (Wildman–Crippen LogP) is 5.85. The fourth-order valence-corrected chi connectivity index (χ4v) is 1.80. The van der Waals surface area contributed by atoms with Crippen molar-refractivity contribution in [1.82, 2.24) is 0 Å². The molecule has 0 amide bonds. The van der Waals surface area contributed by atoms with Crippen LogP contribution in [0, 0.1) is 31.6 Å². The molecule has 21 heavy (non-hydrogen) atoms. The van der Waals surface area contributed by atoms with Gasteiger partial charge in [-0.25, -0.2) is 0 Å². The minimum absolute atomic E-state index is 0.463. The largest absolute Gasteiger partial charge is 0.388 e. The average Bonchev–Trinajstić information content (AvgIpc) is 2.40.